The molecule has 0 aromatic rings. The lowest BCUT2D eigenvalue weighted by molar-refractivity contribution is -0.143. The molecule has 0 fully saturated rings. The zero-order valence-corrected chi connectivity index (χ0v) is 12.7. The third-order valence-corrected chi connectivity index (χ3v) is 2.81. The van der Waals surface area contributed by atoms with Gasteiger partial charge in [-0.15, -0.1) is 0 Å². The molecule has 112 valence electrons. The van der Waals surface area contributed by atoms with Gasteiger partial charge in [-0.1, -0.05) is 20.3 Å². The predicted octanol–water partition coefficient (Wildman–Crippen LogP) is 2.20. The summed E-state index contributed by atoms with van der Waals surface area (Å²) in [5.74, 6) is -0.965. The highest BCUT2D eigenvalue weighted by molar-refractivity contribution is 5.83. The van der Waals surface area contributed by atoms with Crippen LogP contribution in [0.15, 0.2) is 0 Å². The van der Waals surface area contributed by atoms with Crippen molar-refractivity contribution in [2.45, 2.75) is 65.5 Å². The summed E-state index contributed by atoms with van der Waals surface area (Å²) in [5, 5.41) is 11.6. The third-order valence-electron chi connectivity index (χ3n) is 2.81. The van der Waals surface area contributed by atoms with E-state index in [0.29, 0.717) is 13.0 Å². The Morgan fingerprint density at radius 2 is 1.89 bits per heavy atom. The molecule has 0 spiro atoms. The fourth-order valence-corrected chi connectivity index (χ4v) is 1.45. The maximum absolute atomic E-state index is 11.7. The largest absolute Gasteiger partial charge is 0.480 e. The van der Waals surface area contributed by atoms with E-state index in [0.717, 1.165) is 6.42 Å². The van der Waals surface area contributed by atoms with E-state index in [1.165, 1.54) is 0 Å². The molecule has 0 saturated heterocycles. The van der Waals surface area contributed by atoms with Gasteiger partial charge < -0.3 is 15.2 Å². The van der Waals surface area contributed by atoms with Crippen LogP contribution >= 0.6 is 0 Å². The van der Waals surface area contributed by atoms with Crippen molar-refractivity contribution in [3.8, 4) is 0 Å². The lowest BCUT2D eigenvalue weighted by atomic mass is 10.0. The van der Waals surface area contributed by atoms with E-state index in [1.54, 1.807) is 0 Å². The van der Waals surface area contributed by atoms with Crippen LogP contribution in [0.4, 0.5) is 0 Å². The van der Waals surface area contributed by atoms with Crippen LogP contribution in [0.25, 0.3) is 0 Å². The highest BCUT2D eigenvalue weighted by Crippen LogP contribution is 2.09. The first-order valence-electron chi connectivity index (χ1n) is 6.81. The second-order valence-corrected chi connectivity index (χ2v) is 5.93. The molecule has 0 heterocycles. The van der Waals surface area contributed by atoms with Crippen molar-refractivity contribution in [2.75, 3.05) is 6.61 Å². The smallest absolute Gasteiger partial charge is 0.326 e. The van der Waals surface area contributed by atoms with Crippen LogP contribution in [0, 0.1) is 5.92 Å². The fourth-order valence-electron chi connectivity index (χ4n) is 1.45. The summed E-state index contributed by atoms with van der Waals surface area (Å²) < 4.78 is 5.48. The van der Waals surface area contributed by atoms with Crippen LogP contribution in [-0.2, 0) is 14.3 Å². The standard InChI is InChI=1S/C14H27NO4/c1-6-10(2)9-12(16)15-11(13(17)18)7-8-19-14(3,4)5/h10-11H,6-9H2,1-5H3,(H,15,16)(H,17,18). The lowest BCUT2D eigenvalue weighted by Crippen LogP contribution is -2.42. The summed E-state index contributed by atoms with van der Waals surface area (Å²) in [5.41, 5.74) is -0.302. The average molecular weight is 273 g/mol. The van der Waals surface area contributed by atoms with Crippen LogP contribution in [0.5, 0.6) is 0 Å². The number of carbonyl (C=O) groups excluding carboxylic acids is 1. The summed E-state index contributed by atoms with van der Waals surface area (Å²) in [4.78, 5) is 22.7. The normalized spacial score (nSPS) is 14.8. The maximum atomic E-state index is 11.7. The van der Waals surface area contributed by atoms with Gasteiger partial charge in [0.15, 0.2) is 0 Å². The van der Waals surface area contributed by atoms with E-state index in [1.807, 2.05) is 34.6 Å². The van der Waals surface area contributed by atoms with E-state index in [4.69, 9.17) is 9.84 Å². The first kappa shape index (κ1) is 17.9. The molecule has 19 heavy (non-hydrogen) atoms. The van der Waals surface area contributed by atoms with E-state index in [2.05, 4.69) is 5.32 Å². The van der Waals surface area contributed by atoms with Gasteiger partial charge in [-0.3, -0.25) is 4.79 Å². The van der Waals surface area contributed by atoms with Gasteiger partial charge in [-0.05, 0) is 26.7 Å². The molecule has 0 aliphatic heterocycles. The minimum absolute atomic E-state index is 0.211. The third kappa shape index (κ3) is 9.47. The van der Waals surface area contributed by atoms with Crippen LogP contribution in [0.3, 0.4) is 0 Å². The van der Waals surface area contributed by atoms with Gasteiger partial charge in [0.05, 0.1) is 5.60 Å². The molecule has 0 saturated carbocycles. The number of aliphatic carboxylic acids is 1. The molecule has 5 nitrogen and oxygen atoms in total. The Morgan fingerprint density at radius 1 is 1.32 bits per heavy atom. The van der Waals surface area contributed by atoms with Gasteiger partial charge in [0, 0.05) is 19.4 Å². The Hall–Kier alpha value is -1.10. The van der Waals surface area contributed by atoms with Crippen molar-refractivity contribution < 1.29 is 19.4 Å². The Kier molecular flexibility index (Phi) is 7.68. The molecule has 2 unspecified atom stereocenters. The van der Waals surface area contributed by atoms with Crippen molar-refractivity contribution in [3.05, 3.63) is 0 Å². The number of hydrogen-bond acceptors (Lipinski definition) is 3. The van der Waals surface area contributed by atoms with Gasteiger partial charge in [0.2, 0.25) is 5.91 Å². The molecular formula is C14H27NO4. The molecule has 2 atom stereocenters. The number of carboxylic acids is 1. The van der Waals surface area contributed by atoms with Crippen LogP contribution in [-0.4, -0.2) is 35.2 Å². The summed E-state index contributed by atoms with van der Waals surface area (Å²) in [6.45, 7) is 10.0. The molecule has 0 aromatic carbocycles. The zero-order valence-electron chi connectivity index (χ0n) is 12.7. The summed E-state index contributed by atoms with van der Waals surface area (Å²) >= 11 is 0. The van der Waals surface area contributed by atoms with Crippen molar-refractivity contribution in [1.29, 1.82) is 0 Å². The highest BCUT2D eigenvalue weighted by Gasteiger charge is 2.21. The molecule has 1 amide bonds. The Labute approximate surface area is 115 Å². The fraction of sp³-hybridized carbons (Fsp3) is 0.857. The maximum Gasteiger partial charge on any atom is 0.326 e. The summed E-state index contributed by atoms with van der Waals surface area (Å²) in [7, 11) is 0. The molecule has 0 aromatic heterocycles. The molecule has 0 aliphatic rings. The Morgan fingerprint density at radius 3 is 2.32 bits per heavy atom. The van der Waals surface area contributed by atoms with Gasteiger partial charge >= 0.3 is 5.97 Å². The van der Waals surface area contributed by atoms with Crippen molar-refractivity contribution in [1.82, 2.24) is 5.32 Å². The van der Waals surface area contributed by atoms with Crippen molar-refractivity contribution >= 4 is 11.9 Å². The number of carboxylic acid groups (broad SMARTS) is 1. The molecule has 0 bridgehead atoms. The van der Waals surface area contributed by atoms with Crippen molar-refractivity contribution in [2.24, 2.45) is 5.92 Å². The van der Waals surface area contributed by atoms with E-state index in [9.17, 15) is 9.59 Å². The van der Waals surface area contributed by atoms with Gasteiger partial charge in [-0.25, -0.2) is 4.79 Å². The molecule has 2 N–H and O–H groups in total. The SMILES string of the molecule is CCC(C)CC(=O)NC(CCOC(C)(C)C)C(=O)O. The molecule has 5 heteroatoms. The van der Waals surface area contributed by atoms with E-state index >= 15 is 0 Å². The minimum atomic E-state index is -1.02. The monoisotopic (exact) mass is 273 g/mol. The number of nitrogens with one attached hydrogen (secondary N) is 1. The predicted molar refractivity (Wildman–Crippen MR) is 74.0 cm³/mol. The average Bonchev–Trinajstić information content (AvgIpc) is 2.25. The second kappa shape index (κ2) is 8.15. The Balaban J connectivity index is 4.19. The van der Waals surface area contributed by atoms with Gasteiger partial charge in [0.25, 0.3) is 0 Å². The number of amides is 1. The van der Waals surface area contributed by atoms with Gasteiger partial charge in [0.1, 0.15) is 6.04 Å². The van der Waals surface area contributed by atoms with Gasteiger partial charge in [-0.2, -0.15) is 0 Å². The van der Waals surface area contributed by atoms with E-state index < -0.39 is 12.0 Å². The molecule has 0 aliphatic carbocycles. The quantitative estimate of drug-likeness (QED) is 0.711. The Bertz CT molecular complexity index is 296. The number of ether oxygens (including phenoxy) is 1. The van der Waals surface area contributed by atoms with E-state index in [-0.39, 0.29) is 23.8 Å². The van der Waals surface area contributed by atoms with Crippen molar-refractivity contribution in [3.63, 3.8) is 0 Å². The summed E-state index contributed by atoms with van der Waals surface area (Å²) in [6.07, 6.45) is 1.54. The number of carbonyl (C=O) groups is 2. The molecule has 0 rings (SSSR count). The molecule has 0 radical (unpaired) electrons. The number of rotatable bonds is 8. The van der Waals surface area contributed by atoms with Crippen LogP contribution < -0.4 is 5.32 Å². The first-order chi connectivity index (χ1) is 8.65. The topological polar surface area (TPSA) is 75.6 Å². The minimum Gasteiger partial charge on any atom is -0.480 e. The second-order valence-electron chi connectivity index (χ2n) is 5.93. The number of hydrogen-bond donors (Lipinski definition) is 2. The van der Waals surface area contributed by atoms with Crippen LogP contribution in [0.1, 0.15) is 53.9 Å². The first-order valence-corrected chi connectivity index (χ1v) is 6.81. The summed E-state index contributed by atoms with van der Waals surface area (Å²) in [6, 6.07) is -0.876. The van der Waals surface area contributed by atoms with Crippen LogP contribution in [0.2, 0.25) is 0 Å². The lowest BCUT2D eigenvalue weighted by Gasteiger charge is -2.21. The zero-order chi connectivity index (χ0) is 15.1. The molecular weight excluding hydrogens is 246 g/mol. The highest BCUT2D eigenvalue weighted by atomic mass is 16.5.